The topological polar surface area (TPSA) is 554 Å². The molecular formula is C96H124F4N24O16S4. The molecule has 12 aromatic rings. The summed E-state index contributed by atoms with van der Waals surface area (Å²) in [5.74, 6) is -6.47. The number of anilines is 4. The molecule has 8 saturated carbocycles. The van der Waals surface area contributed by atoms with E-state index in [2.05, 4.69) is 107 Å². The van der Waals surface area contributed by atoms with Crippen LogP contribution < -0.4 is 21.3 Å². The van der Waals surface area contributed by atoms with Crippen LogP contribution in [-0.2, 0) is 18.9 Å². The Morgan fingerprint density at radius 1 is 0.354 bits per heavy atom. The first-order valence-electron chi connectivity index (χ1n) is 66.8. The number of thioether (sulfide) groups is 4. The molecule has 24 atom stereocenters. The first-order chi connectivity index (χ1) is 86.3. The fraction of sp³-hybridized carbons (Fsp3) is 0.583. The lowest BCUT2D eigenvalue weighted by Gasteiger charge is -2.17. The van der Waals surface area contributed by atoms with Crippen molar-refractivity contribution in [3.63, 3.8) is 0 Å². The predicted octanol–water partition coefficient (Wildman–Crippen LogP) is 8.73. The van der Waals surface area contributed by atoms with Gasteiger partial charge in [0, 0.05) is 126 Å². The van der Waals surface area contributed by atoms with Gasteiger partial charge in [0.2, 0.25) is 0 Å². The van der Waals surface area contributed by atoms with Crippen molar-refractivity contribution < 1.29 is 161 Å². The average Bonchev–Trinajstić information content (AvgIpc) is 1.48. The monoisotopic (exact) mass is 2120 g/mol. The predicted molar refractivity (Wildman–Crippen MR) is 530 cm³/mol. The molecule has 48 heteroatoms. The molecular weight excluding hydrogens is 1950 g/mol. The molecule has 0 unspecified atom stereocenters. The highest BCUT2D eigenvalue weighted by Crippen LogP contribution is 2.50. The Kier molecular flexibility index (Phi) is 20.4. The zero-order valence-electron chi connectivity index (χ0n) is 122. The molecule has 0 saturated heterocycles. The molecule has 8 aliphatic rings. The molecule has 8 aliphatic carbocycles. The first kappa shape index (κ1) is 62.1. The summed E-state index contributed by atoms with van der Waals surface area (Å²) >= 11 is 2.48. The number of nitrogens with one attached hydrogen (secondary N) is 4. The van der Waals surface area contributed by atoms with Gasteiger partial charge in [-0.3, -0.25) is 0 Å². The average molecular weight is 2120 g/mol. The Morgan fingerprint density at radius 3 is 0.889 bits per heavy atom. The number of aliphatic hydroxyl groups is 12. The largest absolute Gasteiger partial charge is 0.394 e. The highest BCUT2D eigenvalue weighted by molar-refractivity contribution is 7.99. The third-order valence-electron chi connectivity index (χ3n) is 21.7. The Hall–Kier alpha value is -9.52. The van der Waals surface area contributed by atoms with Crippen molar-refractivity contribution >= 4 is 115 Å². The molecule has 8 fully saturated rings. The maximum absolute atomic E-state index is 14.4. The number of rotatable bonds is 40. The van der Waals surface area contributed by atoms with Crippen LogP contribution in [0.4, 0.5) is 40.8 Å². The standard InChI is InChI=1S/4C24H31FN6O4S/c4*1-3-8-36-24-27-22(26-16-10-14(16)13-5-4-12(2)15(25)9-13)19-23(28-24)31(30-29-19)17-11-18(35-7-6-32)21(34)20(17)33/h4*4-5,9,14,16-18,20-21,32-34H,3,6-8,10-11H2,1-2H3,(H,26,27,28)/t4*14-,16+,17+,18-,20-,21+/m0000/s1/i7D2,8D2,10D2,11D2,17D,18D,20D,21D;6D2,8D2,10D2,11D2,17D,18D,20D,21D;6D2,7D2,10D2,11D2,17D,18D,20D,21D;8D2,10D2,11D2,17D,18D,20D,21D. The number of benzene rings is 4. The number of hydrogen-bond donors (Lipinski definition) is 16. The van der Waals surface area contributed by atoms with Crippen LogP contribution >= 0.6 is 47.0 Å². The van der Waals surface area contributed by atoms with Crippen LogP contribution in [0.1, 0.15) is 260 Å². The maximum Gasteiger partial charge on any atom is 0.191 e. The van der Waals surface area contributed by atoms with Gasteiger partial charge >= 0.3 is 0 Å². The van der Waals surface area contributed by atoms with Crippen LogP contribution in [0, 0.1) is 51.0 Å². The van der Waals surface area contributed by atoms with E-state index in [1.54, 1.807) is 52.0 Å². The van der Waals surface area contributed by atoms with Crippen LogP contribution in [0.3, 0.4) is 0 Å². The van der Waals surface area contributed by atoms with E-state index >= 15 is 0 Å². The summed E-state index contributed by atoms with van der Waals surface area (Å²) in [6, 6.07) is -2.25. The van der Waals surface area contributed by atoms with Gasteiger partial charge in [-0.15, -0.1) is 20.4 Å². The molecule has 4 aromatic carbocycles. The van der Waals surface area contributed by atoms with Crippen LogP contribution in [0.25, 0.3) is 44.7 Å². The molecule has 0 aliphatic heterocycles. The van der Waals surface area contributed by atoms with Crippen LogP contribution in [-0.4, -0.2) is 334 Å². The molecule has 0 radical (unpaired) electrons. The zero-order valence-corrected chi connectivity index (χ0v) is 79.8. The molecule has 0 spiro atoms. The second-order valence-electron chi connectivity index (χ2n) is 31.6. The third-order valence-corrected chi connectivity index (χ3v) is 25.1. The zero-order chi connectivity index (χ0) is 143. The quantitative estimate of drug-likeness (QED) is 0.00969. The number of nitrogens with zero attached hydrogens (tertiary/aromatic N) is 20. The highest BCUT2D eigenvalue weighted by Gasteiger charge is 2.51. The number of halogens is 4. The summed E-state index contributed by atoms with van der Waals surface area (Å²) in [6.45, 7) is -6.60. The lowest BCUT2D eigenvalue weighted by molar-refractivity contribution is -0.0629. The summed E-state index contributed by atoms with van der Waals surface area (Å²) in [5, 5.41) is 167. The molecule has 0 amide bonds. The maximum atomic E-state index is 14.4. The van der Waals surface area contributed by atoms with E-state index in [9.17, 15) is 78.8 Å². The van der Waals surface area contributed by atoms with Gasteiger partial charge < -0.3 is 101 Å². The van der Waals surface area contributed by atoms with E-state index < -0.39 is 333 Å². The smallest absolute Gasteiger partial charge is 0.191 e. The van der Waals surface area contributed by atoms with Gasteiger partial charge in [0.25, 0.3) is 0 Å². The van der Waals surface area contributed by atoms with Crippen molar-refractivity contribution in [3.8, 4) is 0 Å². The normalized spacial score (nSPS) is 44.0. The van der Waals surface area contributed by atoms with E-state index in [0.717, 1.165) is 11.8 Å². The summed E-state index contributed by atoms with van der Waals surface area (Å²) in [4.78, 5) is 33.8. The Balaban J connectivity index is 0.000000165. The molecule has 16 N–H and O–H groups in total. The van der Waals surface area contributed by atoms with Gasteiger partial charge in [0.05, 0.1) is 134 Å². The minimum absolute atomic E-state index is 0.0294. The second-order valence-corrected chi connectivity index (χ2v) is 35.2. The second kappa shape index (κ2) is 47.3. The van der Waals surface area contributed by atoms with Gasteiger partial charge in [-0.2, -0.15) is 0 Å². The Labute approximate surface area is 908 Å². The molecule has 40 nitrogen and oxygen atoms in total. The summed E-state index contributed by atoms with van der Waals surface area (Å²) in [7, 11) is 0. The van der Waals surface area contributed by atoms with E-state index in [1.807, 2.05) is 6.92 Å². The van der Waals surface area contributed by atoms with Gasteiger partial charge in [-0.25, -0.2) is 76.2 Å². The molecule has 8 heterocycles. The van der Waals surface area contributed by atoms with Crippen LogP contribution in [0.15, 0.2) is 93.4 Å². The lowest BCUT2D eigenvalue weighted by atomic mass is 10.1. The van der Waals surface area contributed by atoms with Crippen LogP contribution in [0.2, 0.25) is 0 Å². The van der Waals surface area contributed by atoms with Crippen LogP contribution in [0.5, 0.6) is 0 Å². The lowest BCUT2D eigenvalue weighted by Crippen LogP contribution is -2.33. The Morgan fingerprint density at radius 2 is 0.632 bits per heavy atom. The summed E-state index contributed by atoms with van der Waals surface area (Å²) in [5.41, 5.74) is -7.47. The first-order valence-corrected chi connectivity index (χ1v) is 47.2. The van der Waals surface area contributed by atoms with Crippen molar-refractivity contribution in [1.29, 1.82) is 0 Å². The van der Waals surface area contributed by atoms with E-state index in [4.69, 9.17) is 77.3 Å². The SMILES string of the molecule is [2H]C([2H])(CC)Sc1nc(N[C@H]2[C@H](c3ccc(C)c(F)c3)C2([2H])[2H])c2nnn([C@]3([2H])C([2H])([2H])[C@]([2H])(OCCO)[C@@]([2H])(O)[C@@]3([2H])O)c2n1.[2H]C([2H])(CO)O[C@@]1([2H])C([2H])([2H])[C@@]([2H])(n2nnc3c(N[C@H]4[C@H](c5ccc(C)c(F)c5)C4([2H])[2H])nc(SC([2H])([2H])CC)nc32)[C@]([2H])(O)[C@]1([2H])O.[2H]C([2H])(O)CO[C@@]1([2H])C([2H])([2H])[C@@]([2H])(n2nnc3c(N[C@H]4[C@H](c5ccc(C)c(F)c5)C4([2H])[2H])nc(SC([2H])([2H])CC)nc32)[C@]([2H])(O)[C@]1([2H])O.[2H]C1([2H])[C@@H](Nc2nc(SCCC)nc3c2nnn3[C@]2([2H])C([2H])([2H])[C@]([2H])(OC([2H])([2H])C([2H])([2H])O)[C@@]([2H])(O)[C@@]2([2H])O)[C@@H]1c1ccc(C)c(F)c1. The van der Waals surface area contributed by atoms with Crippen molar-refractivity contribution in [2.45, 2.75) is 298 Å². The summed E-state index contributed by atoms with van der Waals surface area (Å²) in [6.07, 6.45) is -71.1. The van der Waals surface area contributed by atoms with E-state index in [1.165, 1.54) is 69.3 Å². The number of aryl methyl sites for hydroxylation is 4. The number of aromatic nitrogens is 20. The number of fused-ring (bicyclic) bond motifs is 4. The highest BCUT2D eigenvalue weighted by atomic mass is 32.2. The van der Waals surface area contributed by atoms with Gasteiger partial charge in [-0.05, 0) is 148 Å². The fourth-order valence-electron chi connectivity index (χ4n) is 14.2. The van der Waals surface area contributed by atoms with E-state index in [-0.39, 0.29) is 82.6 Å². The van der Waals surface area contributed by atoms with Gasteiger partial charge in [0.1, 0.15) is 71.9 Å². The van der Waals surface area contributed by atoms with Crippen molar-refractivity contribution in [2.75, 3.05) is 96.8 Å². The minimum Gasteiger partial charge on any atom is -0.394 e. The molecule has 144 heavy (non-hydrogen) atoms. The molecule has 20 rings (SSSR count). The fourth-order valence-corrected chi connectivity index (χ4v) is 16.5. The number of hydrogen-bond acceptors (Lipinski definition) is 40. The number of ether oxygens (including phenoxy) is 4. The van der Waals surface area contributed by atoms with Crippen molar-refractivity contribution in [2.24, 2.45) is 0 Å². The van der Waals surface area contributed by atoms with Gasteiger partial charge in [-0.1, -0.05) is 144 Å². The molecule has 0 bridgehead atoms. The molecule has 8 aromatic heterocycles. The van der Waals surface area contributed by atoms with Gasteiger partial charge in [0.15, 0.2) is 88.6 Å². The summed E-state index contributed by atoms with van der Waals surface area (Å²) < 4.78 is 462. The number of aliphatic hydroxyl groups excluding tert-OH is 2. The van der Waals surface area contributed by atoms with Crippen molar-refractivity contribution in [3.05, 3.63) is 141 Å². The third kappa shape index (κ3) is 23.8. The minimum atomic E-state index is -4.28. The van der Waals surface area contributed by atoms with E-state index in [0.29, 0.717) is 92.0 Å². The van der Waals surface area contributed by atoms with Crippen molar-refractivity contribution in [1.82, 2.24) is 99.8 Å². The Bertz CT molecular complexity index is 8970. The molecule has 776 valence electrons.